The number of halogens is 2. The highest BCUT2D eigenvalue weighted by Gasteiger charge is 2.27. The first kappa shape index (κ1) is 28.3. The summed E-state index contributed by atoms with van der Waals surface area (Å²) in [5.74, 6) is 17.0. The topological polar surface area (TPSA) is 152 Å². The van der Waals surface area contributed by atoms with Gasteiger partial charge in [-0.3, -0.25) is 4.79 Å². The second-order valence-corrected chi connectivity index (χ2v) is 9.49. The van der Waals surface area contributed by atoms with E-state index in [4.69, 9.17) is 21.7 Å². The third kappa shape index (κ3) is 7.60. The molecule has 198 valence electrons. The maximum atomic E-state index is 13.5. The Labute approximate surface area is 223 Å². The Hall–Kier alpha value is -4.29. The zero-order valence-electron chi connectivity index (χ0n) is 20.7. The molecule has 1 aliphatic carbocycles. The number of rotatable bonds is 7. The van der Waals surface area contributed by atoms with Crippen LogP contribution in [-0.4, -0.2) is 47.1 Å². The van der Waals surface area contributed by atoms with E-state index in [1.807, 2.05) is 0 Å². The first-order valence-electron chi connectivity index (χ1n) is 11.5. The van der Waals surface area contributed by atoms with E-state index in [2.05, 4.69) is 44.4 Å². The van der Waals surface area contributed by atoms with Gasteiger partial charge in [0.15, 0.2) is 5.04 Å². The van der Waals surface area contributed by atoms with Gasteiger partial charge in [-0.05, 0) is 43.7 Å². The van der Waals surface area contributed by atoms with Gasteiger partial charge in [0, 0.05) is 41.9 Å². The number of hydrogen-bond donors (Lipinski definition) is 5. The van der Waals surface area contributed by atoms with Gasteiger partial charge < -0.3 is 32.4 Å². The van der Waals surface area contributed by atoms with Crippen LogP contribution in [0.15, 0.2) is 47.2 Å². The smallest absolute Gasteiger partial charge is 0.261 e. The van der Waals surface area contributed by atoms with Gasteiger partial charge in [-0.15, -0.1) is 0 Å². The summed E-state index contributed by atoms with van der Waals surface area (Å²) in [6.07, 6.45) is 5.48. The zero-order chi connectivity index (χ0) is 27.7. The molecule has 3 rings (SSSR count). The molecule has 12 heteroatoms. The molecule has 2 heterocycles. The predicted octanol–water partition coefficient (Wildman–Crippen LogP) is 2.53. The van der Waals surface area contributed by atoms with E-state index in [0.717, 1.165) is 19.1 Å². The lowest BCUT2D eigenvalue weighted by molar-refractivity contribution is 0.0951. The largest absolute Gasteiger partial charge is 0.495 e. The minimum atomic E-state index is -2.70. The van der Waals surface area contributed by atoms with Crippen molar-refractivity contribution in [3.63, 3.8) is 0 Å². The van der Waals surface area contributed by atoms with Crippen LogP contribution in [-0.2, 0) is 4.74 Å². The van der Waals surface area contributed by atoms with E-state index < -0.39 is 23.7 Å². The summed E-state index contributed by atoms with van der Waals surface area (Å²) in [6, 6.07) is 0.202. The number of nitrogens with two attached hydrogens (primary N) is 2. The SMILES string of the molecule is COC1=CNC(C(F)F)C=C1c1cc(C#C/C(C=N)=C/N)ncc1C(=O)NC(C)S/C(C#CC1CC1)=N\N. The number of carbonyl (C=O) groups is 1. The van der Waals surface area contributed by atoms with Crippen molar-refractivity contribution in [3.8, 4) is 23.7 Å². The first-order valence-corrected chi connectivity index (χ1v) is 12.4. The van der Waals surface area contributed by atoms with E-state index in [1.54, 1.807) is 6.92 Å². The van der Waals surface area contributed by atoms with E-state index in [0.29, 0.717) is 11.0 Å². The van der Waals surface area contributed by atoms with Crippen molar-refractivity contribution in [2.24, 2.45) is 22.6 Å². The molecule has 1 amide bonds. The molecule has 2 atom stereocenters. The van der Waals surface area contributed by atoms with Gasteiger partial charge in [-0.2, -0.15) is 5.10 Å². The molecule has 1 saturated carbocycles. The second kappa shape index (κ2) is 13.3. The number of carbonyl (C=O) groups excluding carboxylic acids is 1. The van der Waals surface area contributed by atoms with Crippen LogP contribution < -0.4 is 22.2 Å². The predicted molar refractivity (Wildman–Crippen MR) is 145 cm³/mol. The third-order valence-electron chi connectivity index (χ3n) is 5.32. The van der Waals surface area contributed by atoms with Gasteiger partial charge >= 0.3 is 0 Å². The van der Waals surface area contributed by atoms with Crippen molar-refractivity contribution in [2.45, 2.75) is 37.6 Å². The van der Waals surface area contributed by atoms with Crippen molar-refractivity contribution in [2.75, 3.05) is 7.11 Å². The number of aromatic nitrogens is 1. The lowest BCUT2D eigenvalue weighted by atomic mass is 9.95. The van der Waals surface area contributed by atoms with Crippen LogP contribution in [0.1, 0.15) is 41.4 Å². The molecule has 1 aromatic heterocycles. The molecule has 0 spiro atoms. The van der Waals surface area contributed by atoms with Gasteiger partial charge in [-0.1, -0.05) is 23.6 Å². The molecule has 9 nitrogen and oxygen atoms in total. The van der Waals surface area contributed by atoms with Crippen LogP contribution in [0, 0.1) is 35.0 Å². The quantitative estimate of drug-likeness (QED) is 0.0892. The van der Waals surface area contributed by atoms with Crippen molar-refractivity contribution >= 4 is 34.5 Å². The zero-order valence-corrected chi connectivity index (χ0v) is 21.5. The van der Waals surface area contributed by atoms with Crippen molar-refractivity contribution in [3.05, 3.63) is 58.9 Å². The Morgan fingerprint density at radius 3 is 2.79 bits per heavy atom. The fourth-order valence-corrected chi connectivity index (χ4v) is 3.91. The number of hydrogen-bond acceptors (Lipinski definition) is 9. The van der Waals surface area contributed by atoms with Crippen LogP contribution >= 0.6 is 11.8 Å². The summed E-state index contributed by atoms with van der Waals surface area (Å²) in [6.45, 7) is 1.74. The summed E-state index contributed by atoms with van der Waals surface area (Å²) < 4.78 is 32.5. The van der Waals surface area contributed by atoms with Gasteiger partial charge in [0.1, 0.15) is 17.5 Å². The van der Waals surface area contributed by atoms with Crippen molar-refractivity contribution in [1.82, 2.24) is 15.6 Å². The Kier molecular flexibility index (Phi) is 9.91. The number of amides is 1. The number of alkyl halides is 2. The number of ether oxygens (including phenoxy) is 1. The summed E-state index contributed by atoms with van der Waals surface area (Å²) in [5.41, 5.74) is 6.59. The van der Waals surface area contributed by atoms with E-state index in [1.165, 1.54) is 49.6 Å². The van der Waals surface area contributed by atoms with Crippen LogP contribution in [0.3, 0.4) is 0 Å². The normalized spacial score (nSPS) is 18.0. The summed E-state index contributed by atoms with van der Waals surface area (Å²) in [5, 5.41) is 16.3. The Morgan fingerprint density at radius 1 is 1.42 bits per heavy atom. The molecule has 7 N–H and O–H groups in total. The minimum Gasteiger partial charge on any atom is -0.495 e. The Balaban J connectivity index is 1.97. The molecule has 0 aromatic carbocycles. The fourth-order valence-electron chi connectivity index (χ4n) is 3.23. The van der Waals surface area contributed by atoms with Gasteiger partial charge in [0.05, 0.1) is 23.6 Å². The molecule has 0 saturated heterocycles. The van der Waals surface area contributed by atoms with Crippen LogP contribution in [0.25, 0.3) is 5.57 Å². The number of nitrogens with one attached hydrogen (secondary N) is 3. The molecule has 0 radical (unpaired) electrons. The molecule has 0 bridgehead atoms. The number of dihydropyridines is 1. The van der Waals surface area contributed by atoms with Crippen LogP contribution in [0.5, 0.6) is 0 Å². The highest BCUT2D eigenvalue weighted by Crippen LogP contribution is 2.31. The summed E-state index contributed by atoms with van der Waals surface area (Å²) >= 11 is 1.19. The molecule has 1 aromatic rings. The molecule has 1 aliphatic heterocycles. The average Bonchev–Trinajstić information content (AvgIpc) is 3.75. The van der Waals surface area contributed by atoms with Crippen molar-refractivity contribution in [1.29, 1.82) is 5.41 Å². The van der Waals surface area contributed by atoms with Crippen molar-refractivity contribution < 1.29 is 18.3 Å². The van der Waals surface area contributed by atoms with Gasteiger partial charge in [0.2, 0.25) is 0 Å². The number of nitrogens with zero attached hydrogens (tertiary/aromatic N) is 2. The number of hydrazone groups is 1. The third-order valence-corrected chi connectivity index (χ3v) is 6.22. The molecular weight excluding hydrogens is 512 g/mol. The fraction of sp³-hybridized carbons (Fsp3) is 0.308. The summed E-state index contributed by atoms with van der Waals surface area (Å²) in [7, 11) is 1.39. The van der Waals surface area contributed by atoms with E-state index in [9.17, 15) is 13.6 Å². The monoisotopic (exact) mass is 539 g/mol. The van der Waals surface area contributed by atoms with Gasteiger partial charge in [0.25, 0.3) is 12.3 Å². The highest BCUT2D eigenvalue weighted by atomic mass is 32.2. The van der Waals surface area contributed by atoms with Crippen LogP contribution in [0.4, 0.5) is 8.78 Å². The maximum Gasteiger partial charge on any atom is 0.261 e. The Bertz CT molecular complexity index is 1330. The number of pyridine rings is 1. The molecule has 2 unspecified atom stereocenters. The Morgan fingerprint density at radius 2 is 2.18 bits per heavy atom. The number of methoxy groups -OCH3 is 1. The van der Waals surface area contributed by atoms with Crippen LogP contribution in [0.2, 0.25) is 0 Å². The molecule has 2 aliphatic rings. The van der Waals surface area contributed by atoms with Gasteiger partial charge in [-0.25, -0.2) is 13.8 Å². The second-order valence-electron chi connectivity index (χ2n) is 8.16. The molecular formula is C26H27F2N7O2S. The molecule has 38 heavy (non-hydrogen) atoms. The number of thioether (sulfide) groups is 1. The van der Waals surface area contributed by atoms with E-state index in [-0.39, 0.29) is 33.7 Å². The standard InChI is InChI=1S/C26H27F2N7O2S/c1-15(38-24(35-31)8-6-16-3-4-16)34-26(36)21-13-32-18(7-5-17(11-29)12-30)9-19(21)20-10-22(25(27)28)33-14-23(20)37-2/h9-16,22,25,29,33H,3-4,30-31H2,1-2H3,(H,34,36)/b17-12-,29-11?,35-24-. The number of allylic oxidation sites excluding steroid dienone is 2. The highest BCUT2D eigenvalue weighted by molar-refractivity contribution is 8.15. The minimum absolute atomic E-state index is 0.115. The maximum absolute atomic E-state index is 13.5. The average molecular weight is 540 g/mol. The summed E-state index contributed by atoms with van der Waals surface area (Å²) in [4.78, 5) is 17.6. The van der Waals surface area contributed by atoms with E-state index >= 15 is 0 Å². The first-order chi connectivity index (χ1) is 18.3. The molecule has 1 fully saturated rings. The lowest BCUT2D eigenvalue weighted by Crippen LogP contribution is -2.34. The lowest BCUT2D eigenvalue weighted by Gasteiger charge is -2.24.